The quantitative estimate of drug-likeness (QED) is 0.601. The van der Waals surface area contributed by atoms with Crippen LogP contribution in [0.3, 0.4) is 0 Å². The fourth-order valence-electron chi connectivity index (χ4n) is 1.74. The Kier molecular flexibility index (Phi) is 3.48. The molecular formula is C14H17N3S. The van der Waals surface area contributed by atoms with Gasteiger partial charge in [-0.3, -0.25) is 0 Å². The van der Waals surface area contributed by atoms with Crippen LogP contribution < -0.4 is 4.90 Å². The highest BCUT2D eigenvalue weighted by Crippen LogP contribution is 2.19. The Balaban J connectivity index is 2.27. The van der Waals surface area contributed by atoms with E-state index < -0.39 is 0 Å². The van der Waals surface area contributed by atoms with Gasteiger partial charge in [0.1, 0.15) is 16.5 Å². The molecule has 0 saturated carbocycles. The summed E-state index contributed by atoms with van der Waals surface area (Å²) in [5.41, 5.74) is 3.16. The first-order valence-corrected chi connectivity index (χ1v) is 6.22. The molecule has 2 rings (SSSR count). The van der Waals surface area contributed by atoms with Crippen LogP contribution in [0.4, 0.5) is 5.69 Å². The first-order valence-electron chi connectivity index (χ1n) is 5.81. The standard InChI is InChI=1S/C14H17N3S/c1-10-15-13(14(18)17(10)4)9-11-5-7-12(8-6-11)16(2)3/h5-9H,1-4H3/b13-9-. The lowest BCUT2D eigenvalue weighted by atomic mass is 10.1. The van der Waals surface area contributed by atoms with Crippen molar-refractivity contribution in [2.45, 2.75) is 6.92 Å². The number of rotatable bonds is 2. The lowest BCUT2D eigenvalue weighted by molar-refractivity contribution is 0.784. The minimum absolute atomic E-state index is 0.782. The van der Waals surface area contributed by atoms with Crippen molar-refractivity contribution >= 4 is 34.8 Å². The van der Waals surface area contributed by atoms with E-state index in [1.165, 1.54) is 5.69 Å². The van der Waals surface area contributed by atoms with Crippen molar-refractivity contribution < 1.29 is 0 Å². The van der Waals surface area contributed by atoms with Gasteiger partial charge in [0, 0.05) is 26.8 Å². The summed E-state index contributed by atoms with van der Waals surface area (Å²) in [6, 6.07) is 8.33. The molecule has 0 aromatic heterocycles. The second-order valence-corrected chi connectivity index (χ2v) is 4.93. The average Bonchev–Trinajstić information content (AvgIpc) is 2.58. The molecule has 1 aliphatic rings. The van der Waals surface area contributed by atoms with Crippen molar-refractivity contribution in [2.24, 2.45) is 4.99 Å². The van der Waals surface area contributed by atoms with Crippen LogP contribution in [-0.4, -0.2) is 36.9 Å². The van der Waals surface area contributed by atoms with Gasteiger partial charge in [0.2, 0.25) is 0 Å². The smallest absolute Gasteiger partial charge is 0.133 e. The Morgan fingerprint density at radius 2 is 1.83 bits per heavy atom. The van der Waals surface area contributed by atoms with Crippen LogP contribution in [0.1, 0.15) is 12.5 Å². The Morgan fingerprint density at radius 1 is 1.22 bits per heavy atom. The summed E-state index contributed by atoms with van der Waals surface area (Å²) in [4.78, 5) is 9.24. The summed E-state index contributed by atoms with van der Waals surface area (Å²) in [7, 11) is 6.00. The lowest BCUT2D eigenvalue weighted by Crippen LogP contribution is -2.23. The molecule has 0 saturated heterocycles. The maximum Gasteiger partial charge on any atom is 0.133 e. The minimum atomic E-state index is 0.782. The fraction of sp³-hybridized carbons (Fsp3) is 0.286. The topological polar surface area (TPSA) is 18.8 Å². The molecule has 0 spiro atoms. The second-order valence-electron chi connectivity index (χ2n) is 4.54. The van der Waals surface area contributed by atoms with Gasteiger partial charge in [-0.15, -0.1) is 0 Å². The highest BCUT2D eigenvalue weighted by molar-refractivity contribution is 7.80. The number of hydrogen-bond donors (Lipinski definition) is 0. The predicted octanol–water partition coefficient (Wildman–Crippen LogP) is 2.78. The summed E-state index contributed by atoms with van der Waals surface area (Å²) in [5.74, 6) is 0.941. The van der Waals surface area contributed by atoms with Crippen molar-refractivity contribution in [3.63, 3.8) is 0 Å². The van der Waals surface area contributed by atoms with Crippen molar-refractivity contribution in [2.75, 3.05) is 26.0 Å². The number of anilines is 1. The first-order chi connectivity index (χ1) is 8.49. The Bertz CT molecular complexity index is 526. The molecule has 0 bridgehead atoms. The van der Waals surface area contributed by atoms with Gasteiger partial charge in [0.25, 0.3) is 0 Å². The third kappa shape index (κ3) is 2.43. The number of benzene rings is 1. The van der Waals surface area contributed by atoms with E-state index in [4.69, 9.17) is 12.2 Å². The number of nitrogens with zero attached hydrogens (tertiary/aromatic N) is 3. The monoisotopic (exact) mass is 259 g/mol. The van der Waals surface area contributed by atoms with E-state index in [1.807, 2.05) is 39.0 Å². The lowest BCUT2D eigenvalue weighted by Gasteiger charge is -2.12. The number of aliphatic imine (C=N–C) groups is 1. The first kappa shape index (κ1) is 12.8. The van der Waals surface area contributed by atoms with Crippen LogP contribution in [0.2, 0.25) is 0 Å². The largest absolute Gasteiger partial charge is 0.378 e. The molecule has 0 fully saturated rings. The van der Waals surface area contributed by atoms with Crippen LogP contribution in [0.25, 0.3) is 6.08 Å². The zero-order valence-corrected chi connectivity index (χ0v) is 12.0. The van der Waals surface area contributed by atoms with Crippen LogP contribution in [-0.2, 0) is 0 Å². The Hall–Kier alpha value is -1.68. The molecule has 1 aromatic carbocycles. The van der Waals surface area contributed by atoms with Crippen molar-refractivity contribution in [3.05, 3.63) is 35.5 Å². The fourth-order valence-corrected chi connectivity index (χ4v) is 1.97. The molecule has 18 heavy (non-hydrogen) atoms. The summed E-state index contributed by atoms with van der Waals surface area (Å²) in [5, 5.41) is 0. The maximum absolute atomic E-state index is 5.34. The number of hydrogen-bond acceptors (Lipinski definition) is 3. The van der Waals surface area contributed by atoms with Gasteiger partial charge in [-0.1, -0.05) is 24.4 Å². The van der Waals surface area contributed by atoms with Gasteiger partial charge in [-0.25, -0.2) is 4.99 Å². The van der Waals surface area contributed by atoms with Gasteiger partial charge >= 0.3 is 0 Å². The van der Waals surface area contributed by atoms with Crippen molar-refractivity contribution in [1.82, 2.24) is 4.90 Å². The maximum atomic E-state index is 5.34. The molecule has 0 N–H and O–H groups in total. The van der Waals surface area contributed by atoms with Gasteiger partial charge in [-0.2, -0.15) is 0 Å². The molecule has 0 aliphatic carbocycles. The molecule has 0 unspecified atom stereocenters. The SMILES string of the molecule is CC1=N/C(=C\c2ccc(N(C)C)cc2)C(=S)N1C. The molecule has 0 radical (unpaired) electrons. The molecule has 1 aliphatic heterocycles. The summed E-state index contributed by atoms with van der Waals surface area (Å²) >= 11 is 5.34. The average molecular weight is 259 g/mol. The highest BCUT2D eigenvalue weighted by atomic mass is 32.1. The van der Waals surface area contributed by atoms with Crippen molar-refractivity contribution in [1.29, 1.82) is 0 Å². The van der Waals surface area contributed by atoms with E-state index in [-0.39, 0.29) is 0 Å². The van der Waals surface area contributed by atoms with Crippen molar-refractivity contribution in [3.8, 4) is 0 Å². The molecule has 1 heterocycles. The summed E-state index contributed by atoms with van der Waals surface area (Å²) in [6.07, 6.45) is 2.02. The third-order valence-electron chi connectivity index (χ3n) is 3.00. The van der Waals surface area contributed by atoms with Gasteiger partial charge in [0.05, 0.1) is 0 Å². The van der Waals surface area contributed by atoms with Crippen LogP contribution in [0, 0.1) is 0 Å². The van der Waals surface area contributed by atoms with Crippen LogP contribution in [0.15, 0.2) is 35.0 Å². The molecule has 1 aromatic rings. The van der Waals surface area contributed by atoms with E-state index in [1.54, 1.807) is 0 Å². The molecule has 3 nitrogen and oxygen atoms in total. The van der Waals surface area contributed by atoms with Crippen LogP contribution in [0.5, 0.6) is 0 Å². The summed E-state index contributed by atoms with van der Waals surface area (Å²) in [6.45, 7) is 1.96. The molecule has 0 atom stereocenters. The zero-order chi connectivity index (χ0) is 13.3. The summed E-state index contributed by atoms with van der Waals surface area (Å²) < 4.78 is 0. The Morgan fingerprint density at radius 3 is 2.28 bits per heavy atom. The van der Waals surface area contributed by atoms with Gasteiger partial charge in [-0.05, 0) is 30.7 Å². The van der Waals surface area contributed by atoms with Gasteiger partial charge in [0.15, 0.2) is 0 Å². The van der Waals surface area contributed by atoms with E-state index in [9.17, 15) is 0 Å². The molecule has 0 amide bonds. The zero-order valence-electron chi connectivity index (χ0n) is 11.1. The third-order valence-corrected chi connectivity index (χ3v) is 3.49. The minimum Gasteiger partial charge on any atom is -0.378 e. The van der Waals surface area contributed by atoms with Crippen LogP contribution >= 0.6 is 12.2 Å². The number of likely N-dealkylation sites (N-methyl/N-ethyl adjacent to an activating group) is 1. The van der Waals surface area contributed by atoms with E-state index in [0.29, 0.717) is 0 Å². The highest BCUT2D eigenvalue weighted by Gasteiger charge is 2.19. The molecule has 4 heteroatoms. The predicted molar refractivity (Wildman–Crippen MR) is 82.2 cm³/mol. The Labute approximate surface area is 113 Å². The van der Waals surface area contributed by atoms with E-state index >= 15 is 0 Å². The number of thiocarbonyl (C=S) groups is 1. The number of amidine groups is 1. The van der Waals surface area contributed by atoms with Gasteiger partial charge < -0.3 is 9.80 Å². The normalized spacial score (nSPS) is 17.3. The molecule has 94 valence electrons. The molecular weight excluding hydrogens is 242 g/mol. The van der Waals surface area contributed by atoms with E-state index in [0.717, 1.165) is 22.1 Å². The van der Waals surface area contributed by atoms with E-state index in [2.05, 4.69) is 34.2 Å². The second kappa shape index (κ2) is 4.90.